The molecule has 2 aromatic rings. The maximum Gasteiger partial charge on any atom is 0.248 e. The highest BCUT2D eigenvalue weighted by Gasteiger charge is 2.12. The molecule has 2 aromatic carbocycles. The van der Waals surface area contributed by atoms with Crippen molar-refractivity contribution in [3.05, 3.63) is 64.5 Å². The number of nitrogens with one attached hydrogen (secondary N) is 1. The van der Waals surface area contributed by atoms with Gasteiger partial charge < -0.3 is 11.1 Å². The second-order valence-electron chi connectivity index (χ2n) is 5.28. The molecule has 0 aliphatic carbocycles. The van der Waals surface area contributed by atoms with Gasteiger partial charge in [-0.2, -0.15) is 0 Å². The van der Waals surface area contributed by atoms with Gasteiger partial charge in [-0.3, -0.25) is 4.79 Å². The third kappa shape index (κ3) is 3.40. The minimum absolute atomic E-state index is 0.0803. The monoisotopic (exact) mass is 286 g/mol. The third-order valence-corrected chi connectivity index (χ3v) is 3.51. The number of nitrogens with two attached hydrogens (primary N) is 1. The van der Waals surface area contributed by atoms with Gasteiger partial charge in [0.2, 0.25) is 5.91 Å². The molecule has 0 bridgehead atoms. The first-order chi connectivity index (χ1) is 9.88. The molecule has 1 atom stereocenters. The number of amides is 1. The molecule has 0 aliphatic heterocycles. The Kier molecular flexibility index (Phi) is 4.26. The van der Waals surface area contributed by atoms with Crippen LogP contribution in [0.25, 0.3) is 0 Å². The van der Waals surface area contributed by atoms with E-state index in [4.69, 9.17) is 5.73 Å². The van der Waals surface area contributed by atoms with Crippen molar-refractivity contribution < 1.29 is 9.18 Å². The van der Waals surface area contributed by atoms with Crippen molar-refractivity contribution in [1.29, 1.82) is 0 Å². The van der Waals surface area contributed by atoms with E-state index in [0.717, 1.165) is 11.1 Å². The molecule has 0 radical (unpaired) electrons. The Bertz CT molecular complexity index is 682. The largest absolute Gasteiger partial charge is 0.376 e. The van der Waals surface area contributed by atoms with E-state index in [0.29, 0.717) is 0 Å². The Morgan fingerprint density at radius 3 is 2.52 bits per heavy atom. The summed E-state index contributed by atoms with van der Waals surface area (Å²) in [4.78, 5) is 11.2. The molecular formula is C17H19FN2O. The minimum Gasteiger partial charge on any atom is -0.376 e. The lowest BCUT2D eigenvalue weighted by molar-refractivity contribution is 0.100. The van der Waals surface area contributed by atoms with E-state index < -0.39 is 11.7 Å². The van der Waals surface area contributed by atoms with Crippen LogP contribution in [0.5, 0.6) is 0 Å². The Morgan fingerprint density at radius 2 is 1.90 bits per heavy atom. The Hall–Kier alpha value is -2.36. The second-order valence-corrected chi connectivity index (χ2v) is 5.28. The zero-order valence-electron chi connectivity index (χ0n) is 12.4. The number of benzene rings is 2. The van der Waals surface area contributed by atoms with Crippen molar-refractivity contribution in [3.63, 3.8) is 0 Å². The van der Waals surface area contributed by atoms with E-state index in [-0.39, 0.29) is 17.3 Å². The number of hydrogen-bond acceptors (Lipinski definition) is 2. The van der Waals surface area contributed by atoms with E-state index in [1.807, 2.05) is 32.9 Å². The van der Waals surface area contributed by atoms with E-state index in [1.54, 1.807) is 0 Å². The maximum absolute atomic E-state index is 13.9. The predicted octanol–water partition coefficient (Wildman–Crippen LogP) is 3.71. The van der Waals surface area contributed by atoms with E-state index in [1.165, 1.54) is 23.8 Å². The van der Waals surface area contributed by atoms with Gasteiger partial charge in [-0.05, 0) is 50.1 Å². The number of anilines is 1. The molecule has 0 aliphatic rings. The average Bonchev–Trinajstić information content (AvgIpc) is 2.40. The summed E-state index contributed by atoms with van der Waals surface area (Å²) in [6.45, 7) is 6.01. The van der Waals surface area contributed by atoms with Gasteiger partial charge in [0.05, 0.1) is 5.69 Å². The van der Waals surface area contributed by atoms with Crippen LogP contribution < -0.4 is 11.1 Å². The summed E-state index contributed by atoms with van der Waals surface area (Å²) in [5.74, 6) is -0.978. The number of carbonyl (C=O) groups is 1. The van der Waals surface area contributed by atoms with Crippen molar-refractivity contribution in [2.45, 2.75) is 26.8 Å². The Labute approximate surface area is 124 Å². The van der Waals surface area contributed by atoms with Crippen LogP contribution in [0.4, 0.5) is 10.1 Å². The first-order valence-corrected chi connectivity index (χ1v) is 6.81. The van der Waals surface area contributed by atoms with Crippen LogP contribution in [0.3, 0.4) is 0 Å². The van der Waals surface area contributed by atoms with Gasteiger partial charge in [-0.1, -0.05) is 23.8 Å². The molecule has 0 heterocycles. The summed E-state index contributed by atoms with van der Waals surface area (Å²) in [6.07, 6.45) is 0. The van der Waals surface area contributed by atoms with Crippen LogP contribution in [0.15, 0.2) is 36.4 Å². The summed E-state index contributed by atoms with van der Waals surface area (Å²) < 4.78 is 13.9. The molecule has 0 spiro atoms. The van der Waals surface area contributed by atoms with Crippen LogP contribution in [-0.2, 0) is 0 Å². The normalized spacial score (nSPS) is 12.0. The zero-order chi connectivity index (χ0) is 15.6. The smallest absolute Gasteiger partial charge is 0.248 e. The van der Waals surface area contributed by atoms with Crippen LogP contribution in [0.1, 0.15) is 40.0 Å². The predicted molar refractivity (Wildman–Crippen MR) is 82.9 cm³/mol. The molecule has 0 saturated carbocycles. The number of carbonyl (C=O) groups excluding carboxylic acids is 1. The molecule has 2 rings (SSSR count). The molecule has 3 N–H and O–H groups in total. The van der Waals surface area contributed by atoms with Gasteiger partial charge in [-0.15, -0.1) is 0 Å². The van der Waals surface area contributed by atoms with Crippen molar-refractivity contribution in [2.24, 2.45) is 5.73 Å². The lowest BCUT2D eigenvalue weighted by atomic mass is 10.00. The van der Waals surface area contributed by atoms with E-state index in [9.17, 15) is 9.18 Å². The fourth-order valence-corrected chi connectivity index (χ4v) is 2.41. The lowest BCUT2D eigenvalue weighted by Crippen LogP contribution is -2.13. The van der Waals surface area contributed by atoms with Gasteiger partial charge in [0, 0.05) is 11.6 Å². The van der Waals surface area contributed by atoms with Crippen molar-refractivity contribution in [2.75, 3.05) is 5.32 Å². The molecule has 4 heteroatoms. The topological polar surface area (TPSA) is 55.1 Å². The van der Waals surface area contributed by atoms with Gasteiger partial charge in [-0.25, -0.2) is 4.39 Å². The summed E-state index contributed by atoms with van der Waals surface area (Å²) in [5, 5.41) is 3.10. The first-order valence-electron chi connectivity index (χ1n) is 6.81. The standard InChI is InChI=1S/C17H19FN2O/c1-10-4-6-14(11(2)8-10)12(3)20-16-9-13(17(19)21)5-7-15(16)18/h4-9,12,20H,1-3H3,(H2,19,21). The van der Waals surface area contributed by atoms with Gasteiger partial charge in [0.25, 0.3) is 0 Å². The lowest BCUT2D eigenvalue weighted by Gasteiger charge is -2.19. The number of hydrogen-bond donors (Lipinski definition) is 2. The highest BCUT2D eigenvalue weighted by Crippen LogP contribution is 2.25. The first kappa shape index (κ1) is 15.0. The number of primary amides is 1. The highest BCUT2D eigenvalue weighted by atomic mass is 19.1. The van der Waals surface area contributed by atoms with Gasteiger partial charge >= 0.3 is 0 Å². The fourth-order valence-electron chi connectivity index (χ4n) is 2.41. The number of rotatable bonds is 4. The van der Waals surface area contributed by atoms with Crippen LogP contribution in [0, 0.1) is 19.7 Å². The molecule has 3 nitrogen and oxygen atoms in total. The van der Waals surface area contributed by atoms with Crippen LogP contribution in [-0.4, -0.2) is 5.91 Å². The number of halogens is 1. The fraction of sp³-hybridized carbons (Fsp3) is 0.235. The number of aryl methyl sites for hydroxylation is 2. The Balaban J connectivity index is 2.28. The molecule has 21 heavy (non-hydrogen) atoms. The van der Waals surface area contributed by atoms with Crippen LogP contribution >= 0.6 is 0 Å². The van der Waals surface area contributed by atoms with Crippen molar-refractivity contribution in [3.8, 4) is 0 Å². The SMILES string of the molecule is Cc1ccc(C(C)Nc2cc(C(N)=O)ccc2F)c(C)c1. The summed E-state index contributed by atoms with van der Waals surface area (Å²) in [7, 11) is 0. The maximum atomic E-state index is 13.9. The molecule has 0 fully saturated rings. The van der Waals surface area contributed by atoms with Crippen molar-refractivity contribution in [1.82, 2.24) is 0 Å². The zero-order valence-corrected chi connectivity index (χ0v) is 12.4. The highest BCUT2D eigenvalue weighted by molar-refractivity contribution is 5.93. The second kappa shape index (κ2) is 5.95. The van der Waals surface area contributed by atoms with E-state index >= 15 is 0 Å². The summed E-state index contributed by atoms with van der Waals surface area (Å²) in [6, 6.07) is 10.1. The summed E-state index contributed by atoms with van der Waals surface area (Å²) >= 11 is 0. The molecular weight excluding hydrogens is 267 g/mol. The van der Waals surface area contributed by atoms with Gasteiger partial charge in [0.15, 0.2) is 0 Å². The van der Waals surface area contributed by atoms with Crippen LogP contribution in [0.2, 0.25) is 0 Å². The van der Waals surface area contributed by atoms with E-state index in [2.05, 4.69) is 11.4 Å². The Morgan fingerprint density at radius 1 is 1.19 bits per heavy atom. The molecule has 1 unspecified atom stereocenters. The molecule has 110 valence electrons. The molecule has 0 aromatic heterocycles. The van der Waals surface area contributed by atoms with Crippen molar-refractivity contribution >= 4 is 11.6 Å². The van der Waals surface area contributed by atoms with Gasteiger partial charge in [0.1, 0.15) is 5.82 Å². The summed E-state index contributed by atoms with van der Waals surface area (Å²) in [5.41, 5.74) is 9.20. The molecule has 1 amide bonds. The minimum atomic E-state index is -0.572. The quantitative estimate of drug-likeness (QED) is 0.900. The average molecular weight is 286 g/mol. The third-order valence-electron chi connectivity index (χ3n) is 3.51. The molecule has 0 saturated heterocycles.